The summed E-state index contributed by atoms with van der Waals surface area (Å²) < 4.78 is 0. The molecule has 62 valence electrons. The molecule has 0 saturated carbocycles. The van der Waals surface area contributed by atoms with E-state index in [4.69, 9.17) is 5.26 Å². The van der Waals surface area contributed by atoms with Crippen molar-refractivity contribution in [2.24, 2.45) is 0 Å². The fraction of sp³-hybridized carbons (Fsp3) is 0.875. The molecule has 0 aromatic carbocycles. The van der Waals surface area contributed by atoms with Gasteiger partial charge in [-0.2, -0.15) is 5.26 Å². The van der Waals surface area contributed by atoms with Crippen molar-refractivity contribution in [3.8, 4) is 6.07 Å². The zero-order valence-corrected chi connectivity index (χ0v) is 6.93. The lowest BCUT2D eigenvalue weighted by Gasteiger charge is -2.20. The molecule has 0 amide bonds. The van der Waals surface area contributed by atoms with Crippen LogP contribution < -0.4 is 10.6 Å². The van der Waals surface area contributed by atoms with Gasteiger partial charge in [0.05, 0.1) is 12.5 Å². The molecule has 2 atom stereocenters. The standard InChI is InChI=1S/C8H15N3/c1-10-7(4-5-9)8-3-2-6-11-8/h7-8,10-11H,2-4,6H2,1H3. The summed E-state index contributed by atoms with van der Waals surface area (Å²) in [5, 5.41) is 15.0. The van der Waals surface area contributed by atoms with E-state index < -0.39 is 0 Å². The first-order chi connectivity index (χ1) is 5.38. The molecule has 3 heteroatoms. The highest BCUT2D eigenvalue weighted by Crippen LogP contribution is 2.10. The third kappa shape index (κ3) is 2.18. The number of hydrogen-bond acceptors (Lipinski definition) is 3. The summed E-state index contributed by atoms with van der Waals surface area (Å²) in [6.07, 6.45) is 3.05. The van der Waals surface area contributed by atoms with Crippen LogP contribution in [-0.2, 0) is 0 Å². The van der Waals surface area contributed by atoms with Crippen molar-refractivity contribution in [2.75, 3.05) is 13.6 Å². The van der Waals surface area contributed by atoms with Gasteiger partial charge in [-0.1, -0.05) is 0 Å². The summed E-state index contributed by atoms with van der Waals surface area (Å²) in [6, 6.07) is 3.04. The Bertz CT molecular complexity index is 144. The van der Waals surface area contributed by atoms with Gasteiger partial charge in [-0.15, -0.1) is 0 Å². The first-order valence-corrected chi connectivity index (χ1v) is 4.16. The zero-order chi connectivity index (χ0) is 8.10. The molecule has 0 bridgehead atoms. The van der Waals surface area contributed by atoms with Crippen LogP contribution in [0.5, 0.6) is 0 Å². The third-order valence-corrected chi connectivity index (χ3v) is 2.27. The van der Waals surface area contributed by atoms with Crippen LogP contribution in [0.25, 0.3) is 0 Å². The molecule has 3 nitrogen and oxygen atoms in total. The van der Waals surface area contributed by atoms with Gasteiger partial charge < -0.3 is 10.6 Å². The third-order valence-electron chi connectivity index (χ3n) is 2.27. The van der Waals surface area contributed by atoms with Crippen LogP contribution in [0, 0.1) is 11.3 Å². The maximum Gasteiger partial charge on any atom is 0.0638 e. The second kappa shape index (κ2) is 4.32. The highest BCUT2D eigenvalue weighted by atomic mass is 15.0. The predicted molar refractivity (Wildman–Crippen MR) is 44.1 cm³/mol. The number of likely N-dealkylation sites (N-methyl/N-ethyl adjacent to an activating group) is 1. The first-order valence-electron chi connectivity index (χ1n) is 4.16. The zero-order valence-electron chi connectivity index (χ0n) is 6.93. The highest BCUT2D eigenvalue weighted by Gasteiger charge is 2.22. The molecule has 0 aliphatic carbocycles. The van der Waals surface area contributed by atoms with E-state index in [0.29, 0.717) is 18.5 Å². The van der Waals surface area contributed by atoms with Crippen molar-refractivity contribution in [1.82, 2.24) is 10.6 Å². The molecule has 11 heavy (non-hydrogen) atoms. The summed E-state index contributed by atoms with van der Waals surface area (Å²) >= 11 is 0. The van der Waals surface area contributed by atoms with Gasteiger partial charge in [0.25, 0.3) is 0 Å². The Morgan fingerprint density at radius 2 is 2.64 bits per heavy atom. The van der Waals surface area contributed by atoms with E-state index in [9.17, 15) is 0 Å². The van der Waals surface area contributed by atoms with Crippen molar-refractivity contribution in [3.63, 3.8) is 0 Å². The smallest absolute Gasteiger partial charge is 0.0638 e. The number of hydrogen-bond donors (Lipinski definition) is 2. The summed E-state index contributed by atoms with van der Waals surface area (Å²) in [5.74, 6) is 0. The molecule has 2 N–H and O–H groups in total. The SMILES string of the molecule is CNC(CC#N)C1CCCN1. The first kappa shape index (κ1) is 8.51. The van der Waals surface area contributed by atoms with E-state index in [1.165, 1.54) is 12.8 Å². The van der Waals surface area contributed by atoms with E-state index >= 15 is 0 Å². The summed E-state index contributed by atoms with van der Waals surface area (Å²) in [4.78, 5) is 0. The molecule has 2 unspecified atom stereocenters. The number of nitrogens with one attached hydrogen (secondary N) is 2. The van der Waals surface area contributed by atoms with E-state index in [1.807, 2.05) is 7.05 Å². The van der Waals surface area contributed by atoms with Crippen LogP contribution in [-0.4, -0.2) is 25.7 Å². The summed E-state index contributed by atoms with van der Waals surface area (Å²) in [5.41, 5.74) is 0. The van der Waals surface area contributed by atoms with Gasteiger partial charge in [0, 0.05) is 12.1 Å². The molecule has 0 aromatic heterocycles. The maximum absolute atomic E-state index is 8.51. The number of rotatable bonds is 3. The second-order valence-electron chi connectivity index (χ2n) is 2.96. The van der Waals surface area contributed by atoms with Gasteiger partial charge in [-0.3, -0.25) is 0 Å². The van der Waals surface area contributed by atoms with E-state index in [-0.39, 0.29) is 0 Å². The molecule has 1 fully saturated rings. The minimum absolute atomic E-state index is 0.336. The average molecular weight is 153 g/mol. The lowest BCUT2D eigenvalue weighted by molar-refractivity contribution is 0.432. The monoisotopic (exact) mass is 153 g/mol. The van der Waals surface area contributed by atoms with Gasteiger partial charge in [0.15, 0.2) is 0 Å². The van der Waals surface area contributed by atoms with Crippen molar-refractivity contribution >= 4 is 0 Å². The fourth-order valence-corrected chi connectivity index (χ4v) is 1.60. The van der Waals surface area contributed by atoms with E-state index in [2.05, 4.69) is 16.7 Å². The molecule has 1 heterocycles. The minimum Gasteiger partial charge on any atom is -0.314 e. The normalized spacial score (nSPS) is 26.4. The minimum atomic E-state index is 0.336. The van der Waals surface area contributed by atoms with Crippen LogP contribution in [0.4, 0.5) is 0 Å². The molecular weight excluding hydrogens is 138 g/mol. The Kier molecular flexibility index (Phi) is 3.34. The van der Waals surface area contributed by atoms with Crippen LogP contribution in [0.2, 0.25) is 0 Å². The Balaban J connectivity index is 2.34. The molecule has 1 aliphatic heterocycles. The second-order valence-corrected chi connectivity index (χ2v) is 2.96. The van der Waals surface area contributed by atoms with E-state index in [1.54, 1.807) is 0 Å². The van der Waals surface area contributed by atoms with Crippen LogP contribution in [0.3, 0.4) is 0 Å². The number of nitrogens with zero attached hydrogens (tertiary/aromatic N) is 1. The molecule has 0 aromatic rings. The van der Waals surface area contributed by atoms with Gasteiger partial charge in [-0.25, -0.2) is 0 Å². The number of nitriles is 1. The molecule has 0 spiro atoms. The Morgan fingerprint density at radius 3 is 3.09 bits per heavy atom. The molecule has 0 radical (unpaired) electrons. The van der Waals surface area contributed by atoms with Crippen molar-refractivity contribution in [3.05, 3.63) is 0 Å². The lowest BCUT2D eigenvalue weighted by atomic mass is 10.0. The predicted octanol–water partition coefficient (Wildman–Crippen LogP) is 0.240. The molecule has 1 saturated heterocycles. The summed E-state index contributed by atoms with van der Waals surface area (Å²) in [6.45, 7) is 1.11. The lowest BCUT2D eigenvalue weighted by Crippen LogP contribution is -2.42. The maximum atomic E-state index is 8.51. The largest absolute Gasteiger partial charge is 0.314 e. The van der Waals surface area contributed by atoms with Crippen molar-refractivity contribution in [2.45, 2.75) is 31.3 Å². The Labute approximate surface area is 67.8 Å². The Morgan fingerprint density at radius 1 is 1.82 bits per heavy atom. The van der Waals surface area contributed by atoms with Crippen LogP contribution in [0.1, 0.15) is 19.3 Å². The molecular formula is C8H15N3. The quantitative estimate of drug-likeness (QED) is 0.610. The topological polar surface area (TPSA) is 47.9 Å². The molecule has 1 aliphatic rings. The van der Waals surface area contributed by atoms with Crippen LogP contribution >= 0.6 is 0 Å². The van der Waals surface area contributed by atoms with Crippen molar-refractivity contribution < 1.29 is 0 Å². The van der Waals surface area contributed by atoms with Gasteiger partial charge in [-0.05, 0) is 26.4 Å². The van der Waals surface area contributed by atoms with E-state index in [0.717, 1.165) is 6.54 Å². The fourth-order valence-electron chi connectivity index (χ4n) is 1.60. The van der Waals surface area contributed by atoms with Crippen molar-refractivity contribution in [1.29, 1.82) is 5.26 Å². The van der Waals surface area contributed by atoms with Gasteiger partial charge in [0.1, 0.15) is 0 Å². The molecule has 1 rings (SSSR count). The average Bonchev–Trinajstić information content (AvgIpc) is 2.52. The van der Waals surface area contributed by atoms with Gasteiger partial charge in [0.2, 0.25) is 0 Å². The Hall–Kier alpha value is -0.590. The van der Waals surface area contributed by atoms with Gasteiger partial charge >= 0.3 is 0 Å². The van der Waals surface area contributed by atoms with Crippen LogP contribution in [0.15, 0.2) is 0 Å². The highest BCUT2D eigenvalue weighted by molar-refractivity contribution is 4.91. The summed E-state index contributed by atoms with van der Waals surface area (Å²) in [7, 11) is 1.92.